The molecular formula is C18H23N3O3. The van der Waals surface area contributed by atoms with Crippen molar-refractivity contribution in [2.45, 2.75) is 25.3 Å². The fourth-order valence-corrected chi connectivity index (χ4v) is 3.13. The van der Waals surface area contributed by atoms with Gasteiger partial charge in [-0.1, -0.05) is 6.42 Å². The number of ether oxygens (including phenoxy) is 1. The average Bonchev–Trinajstić information content (AvgIpc) is 3.17. The Hall–Kier alpha value is -2.34. The van der Waals surface area contributed by atoms with Crippen LogP contribution < -0.4 is 10.1 Å². The maximum absolute atomic E-state index is 12.5. The van der Waals surface area contributed by atoms with E-state index < -0.39 is 0 Å². The van der Waals surface area contributed by atoms with Gasteiger partial charge in [0.25, 0.3) is 5.91 Å². The lowest BCUT2D eigenvalue weighted by atomic mass is 10.1. The summed E-state index contributed by atoms with van der Waals surface area (Å²) >= 11 is 0. The Labute approximate surface area is 141 Å². The number of furan rings is 1. The minimum Gasteiger partial charge on any atom is -0.480 e. The second-order valence-electron chi connectivity index (χ2n) is 5.90. The number of piperidine rings is 1. The second kappa shape index (κ2) is 7.97. The minimum absolute atomic E-state index is 0.0481. The quantitative estimate of drug-likeness (QED) is 0.882. The largest absolute Gasteiger partial charge is 0.480 e. The zero-order valence-electron chi connectivity index (χ0n) is 13.9. The van der Waals surface area contributed by atoms with Gasteiger partial charge >= 0.3 is 0 Å². The third kappa shape index (κ3) is 3.76. The van der Waals surface area contributed by atoms with E-state index in [2.05, 4.69) is 15.2 Å². The molecule has 1 unspecified atom stereocenters. The van der Waals surface area contributed by atoms with Crippen molar-refractivity contribution in [3.63, 3.8) is 0 Å². The highest BCUT2D eigenvalue weighted by molar-refractivity contribution is 5.96. The molecule has 1 N–H and O–H groups in total. The molecule has 1 fully saturated rings. The Morgan fingerprint density at radius 3 is 2.88 bits per heavy atom. The van der Waals surface area contributed by atoms with Crippen LogP contribution in [-0.2, 0) is 0 Å². The van der Waals surface area contributed by atoms with Crippen molar-refractivity contribution in [1.82, 2.24) is 15.2 Å². The van der Waals surface area contributed by atoms with Gasteiger partial charge < -0.3 is 14.5 Å². The summed E-state index contributed by atoms with van der Waals surface area (Å²) in [4.78, 5) is 19.0. The molecule has 1 aliphatic rings. The molecule has 3 rings (SSSR count). The van der Waals surface area contributed by atoms with Gasteiger partial charge in [-0.05, 0) is 50.2 Å². The predicted octanol–water partition coefficient (Wildman–Crippen LogP) is 2.64. The SMILES string of the molecule is COc1ncccc1C(=O)NCC(c1ccco1)N1CCCCC1. The van der Waals surface area contributed by atoms with Crippen molar-refractivity contribution in [3.05, 3.63) is 48.0 Å². The van der Waals surface area contributed by atoms with Crippen LogP contribution in [0.4, 0.5) is 0 Å². The third-order valence-electron chi connectivity index (χ3n) is 4.37. The first-order chi connectivity index (χ1) is 11.8. The van der Waals surface area contributed by atoms with E-state index in [4.69, 9.17) is 9.15 Å². The Morgan fingerprint density at radius 2 is 2.17 bits per heavy atom. The van der Waals surface area contributed by atoms with Gasteiger partial charge in [0.05, 0.1) is 19.4 Å². The Bertz CT molecular complexity index is 651. The van der Waals surface area contributed by atoms with Crippen LogP contribution in [0.1, 0.15) is 41.4 Å². The van der Waals surface area contributed by atoms with Crippen LogP contribution in [0.3, 0.4) is 0 Å². The van der Waals surface area contributed by atoms with Gasteiger partial charge in [0.2, 0.25) is 5.88 Å². The second-order valence-corrected chi connectivity index (χ2v) is 5.90. The number of aromatic nitrogens is 1. The number of nitrogens with one attached hydrogen (secondary N) is 1. The molecule has 2 aromatic heterocycles. The molecule has 0 saturated carbocycles. The first-order valence-corrected chi connectivity index (χ1v) is 8.34. The van der Waals surface area contributed by atoms with Gasteiger partial charge in [0.1, 0.15) is 11.3 Å². The molecule has 1 atom stereocenters. The number of methoxy groups -OCH3 is 1. The number of nitrogens with zero attached hydrogens (tertiary/aromatic N) is 2. The molecule has 0 radical (unpaired) electrons. The Balaban J connectivity index is 1.70. The molecule has 6 nitrogen and oxygen atoms in total. The smallest absolute Gasteiger partial charge is 0.256 e. The van der Waals surface area contributed by atoms with Crippen LogP contribution in [-0.4, -0.2) is 42.5 Å². The van der Waals surface area contributed by atoms with E-state index in [1.807, 2.05) is 12.1 Å². The summed E-state index contributed by atoms with van der Waals surface area (Å²) in [7, 11) is 1.51. The first kappa shape index (κ1) is 16.5. The van der Waals surface area contributed by atoms with Gasteiger partial charge in [-0.25, -0.2) is 4.98 Å². The van der Waals surface area contributed by atoms with Gasteiger partial charge in [-0.15, -0.1) is 0 Å². The van der Waals surface area contributed by atoms with E-state index in [1.165, 1.54) is 26.4 Å². The molecule has 3 heterocycles. The van der Waals surface area contributed by atoms with Crippen molar-refractivity contribution in [3.8, 4) is 5.88 Å². The zero-order chi connectivity index (χ0) is 16.8. The lowest BCUT2D eigenvalue weighted by Crippen LogP contribution is -2.40. The van der Waals surface area contributed by atoms with Gasteiger partial charge in [-0.3, -0.25) is 9.69 Å². The maximum atomic E-state index is 12.5. The number of carbonyl (C=O) groups excluding carboxylic acids is 1. The number of carbonyl (C=O) groups is 1. The molecule has 0 aliphatic carbocycles. The molecule has 1 amide bonds. The van der Waals surface area contributed by atoms with Crippen LogP contribution in [0.15, 0.2) is 41.1 Å². The van der Waals surface area contributed by atoms with Crippen molar-refractivity contribution in [2.24, 2.45) is 0 Å². The number of likely N-dealkylation sites (tertiary alicyclic amines) is 1. The maximum Gasteiger partial charge on any atom is 0.256 e. The van der Waals surface area contributed by atoms with Crippen molar-refractivity contribution in [1.29, 1.82) is 0 Å². The summed E-state index contributed by atoms with van der Waals surface area (Å²) in [5.74, 6) is 1.03. The summed E-state index contributed by atoms with van der Waals surface area (Å²) < 4.78 is 10.8. The highest BCUT2D eigenvalue weighted by Gasteiger charge is 2.25. The topological polar surface area (TPSA) is 67.6 Å². The number of hydrogen-bond donors (Lipinski definition) is 1. The molecule has 24 heavy (non-hydrogen) atoms. The number of hydrogen-bond acceptors (Lipinski definition) is 5. The molecule has 1 saturated heterocycles. The van der Waals surface area contributed by atoms with Gasteiger partial charge in [0.15, 0.2) is 0 Å². The fraction of sp³-hybridized carbons (Fsp3) is 0.444. The monoisotopic (exact) mass is 329 g/mol. The number of rotatable bonds is 6. The lowest BCUT2D eigenvalue weighted by Gasteiger charge is -2.33. The number of pyridine rings is 1. The standard InChI is InChI=1S/C18H23N3O3/c1-23-18-14(7-5-9-19-18)17(22)20-13-15(16-8-6-12-24-16)21-10-3-2-4-11-21/h5-9,12,15H,2-4,10-11,13H2,1H3,(H,20,22). The lowest BCUT2D eigenvalue weighted by molar-refractivity contribution is 0.0910. The normalized spacial score (nSPS) is 16.5. The summed E-state index contributed by atoms with van der Waals surface area (Å²) in [5.41, 5.74) is 0.442. The van der Waals surface area contributed by atoms with E-state index in [0.717, 1.165) is 18.8 Å². The summed E-state index contributed by atoms with van der Waals surface area (Å²) in [6.45, 7) is 2.54. The molecule has 0 spiro atoms. The van der Waals surface area contributed by atoms with E-state index in [0.29, 0.717) is 18.0 Å². The fourth-order valence-electron chi connectivity index (χ4n) is 3.13. The molecule has 2 aromatic rings. The highest BCUT2D eigenvalue weighted by Crippen LogP contribution is 2.24. The van der Waals surface area contributed by atoms with E-state index >= 15 is 0 Å². The Kier molecular flexibility index (Phi) is 5.48. The Morgan fingerprint density at radius 1 is 1.33 bits per heavy atom. The van der Waals surface area contributed by atoms with E-state index in [9.17, 15) is 4.79 Å². The highest BCUT2D eigenvalue weighted by atomic mass is 16.5. The first-order valence-electron chi connectivity index (χ1n) is 8.34. The average molecular weight is 329 g/mol. The zero-order valence-corrected chi connectivity index (χ0v) is 13.9. The minimum atomic E-state index is -0.187. The molecule has 0 bridgehead atoms. The van der Waals surface area contributed by atoms with Crippen molar-refractivity contribution < 1.29 is 13.9 Å². The molecule has 0 aromatic carbocycles. The summed E-state index contributed by atoms with van der Waals surface area (Å²) in [5, 5.41) is 3.00. The molecule has 128 valence electrons. The summed E-state index contributed by atoms with van der Waals surface area (Å²) in [6.07, 6.45) is 6.91. The summed E-state index contributed by atoms with van der Waals surface area (Å²) in [6, 6.07) is 7.34. The van der Waals surface area contributed by atoms with E-state index in [-0.39, 0.29) is 11.9 Å². The third-order valence-corrected chi connectivity index (χ3v) is 4.37. The van der Waals surface area contributed by atoms with Crippen LogP contribution >= 0.6 is 0 Å². The van der Waals surface area contributed by atoms with Crippen LogP contribution in [0.25, 0.3) is 0 Å². The van der Waals surface area contributed by atoms with Crippen LogP contribution in [0, 0.1) is 0 Å². The predicted molar refractivity (Wildman–Crippen MR) is 90.0 cm³/mol. The number of amides is 1. The van der Waals surface area contributed by atoms with Gasteiger partial charge in [0, 0.05) is 12.7 Å². The van der Waals surface area contributed by atoms with Crippen LogP contribution in [0.2, 0.25) is 0 Å². The van der Waals surface area contributed by atoms with Crippen LogP contribution in [0.5, 0.6) is 5.88 Å². The molecule has 6 heteroatoms. The molecular weight excluding hydrogens is 306 g/mol. The molecule has 1 aliphatic heterocycles. The van der Waals surface area contributed by atoms with Gasteiger partial charge in [-0.2, -0.15) is 0 Å². The van der Waals surface area contributed by atoms with E-state index in [1.54, 1.807) is 24.6 Å². The van der Waals surface area contributed by atoms with Crippen molar-refractivity contribution >= 4 is 5.91 Å². The van der Waals surface area contributed by atoms with Crippen molar-refractivity contribution in [2.75, 3.05) is 26.7 Å².